The average Bonchev–Trinajstić information content (AvgIpc) is 2.64. The normalized spacial score (nSPS) is 15.8. The van der Waals surface area contributed by atoms with Crippen LogP contribution in [0.25, 0.3) is 11.1 Å². The highest BCUT2D eigenvalue weighted by molar-refractivity contribution is 6.11. The van der Waals surface area contributed by atoms with Crippen LogP contribution in [0.5, 0.6) is 0 Å². The van der Waals surface area contributed by atoms with E-state index in [1.807, 2.05) is 25.3 Å². The van der Waals surface area contributed by atoms with Crippen molar-refractivity contribution in [3.8, 4) is 11.1 Å². The predicted octanol–water partition coefficient (Wildman–Crippen LogP) is 3.62. The summed E-state index contributed by atoms with van der Waals surface area (Å²) < 4.78 is 0. The fourth-order valence-corrected chi connectivity index (χ4v) is 3.24. The van der Waals surface area contributed by atoms with E-state index in [1.165, 1.54) is 0 Å². The highest BCUT2D eigenvalue weighted by atomic mass is 15.1. The molecule has 1 aliphatic heterocycles. The Bertz CT molecular complexity index is 759. The van der Waals surface area contributed by atoms with E-state index in [0.717, 1.165) is 48.2 Å². The molecule has 0 atom stereocenters. The van der Waals surface area contributed by atoms with Gasteiger partial charge in [-0.2, -0.15) is 0 Å². The third-order valence-electron chi connectivity index (χ3n) is 4.90. The second kappa shape index (κ2) is 7.62. The first-order chi connectivity index (χ1) is 12.0. The minimum absolute atomic E-state index is 0.408. The number of hydrogen-bond donors (Lipinski definition) is 2. The second-order valence-electron chi connectivity index (χ2n) is 6.85. The lowest BCUT2D eigenvalue weighted by Gasteiger charge is -2.31. The second-order valence-corrected chi connectivity index (χ2v) is 6.85. The molecule has 25 heavy (non-hydrogen) atoms. The summed E-state index contributed by atoms with van der Waals surface area (Å²) in [4.78, 5) is 6.53. The van der Waals surface area contributed by atoms with Gasteiger partial charge in [-0.25, -0.2) is 0 Å². The smallest absolute Gasteiger partial charge is 0.0840 e. The standard InChI is InChI=1S/C21H26N4/c1-15-6-7-17(18-5-4-10-23-14-18)13-20(15)21(22)16(2)24-19-8-11-25(3)12-9-19/h4-7,10,13-14,19,22,24H,2,8-9,11-12H2,1,3H3. The Balaban J connectivity index is 1.76. The molecule has 1 aliphatic rings. The number of likely N-dealkylation sites (tertiary alicyclic amines) is 1. The molecule has 130 valence electrons. The maximum Gasteiger partial charge on any atom is 0.0840 e. The first-order valence-electron chi connectivity index (χ1n) is 8.79. The molecule has 4 nitrogen and oxygen atoms in total. The molecule has 1 fully saturated rings. The van der Waals surface area contributed by atoms with Gasteiger partial charge in [0, 0.05) is 29.6 Å². The molecule has 0 spiro atoms. The molecule has 0 amide bonds. The molecular weight excluding hydrogens is 308 g/mol. The maximum absolute atomic E-state index is 8.61. The number of benzene rings is 1. The van der Waals surface area contributed by atoms with E-state index >= 15 is 0 Å². The number of nitrogens with zero attached hydrogens (tertiary/aromatic N) is 2. The van der Waals surface area contributed by atoms with Crippen LogP contribution < -0.4 is 5.32 Å². The van der Waals surface area contributed by atoms with Crippen molar-refractivity contribution in [2.45, 2.75) is 25.8 Å². The quantitative estimate of drug-likeness (QED) is 0.821. The summed E-state index contributed by atoms with van der Waals surface area (Å²) in [6.07, 6.45) is 5.81. The first-order valence-corrected chi connectivity index (χ1v) is 8.79. The molecule has 1 aromatic heterocycles. The van der Waals surface area contributed by atoms with E-state index in [0.29, 0.717) is 17.5 Å². The van der Waals surface area contributed by atoms with Gasteiger partial charge in [-0.1, -0.05) is 24.8 Å². The Kier molecular flexibility index (Phi) is 5.29. The molecule has 2 N–H and O–H groups in total. The van der Waals surface area contributed by atoms with E-state index < -0.39 is 0 Å². The number of nitrogens with one attached hydrogen (secondary N) is 2. The Labute approximate surface area is 150 Å². The highest BCUT2D eigenvalue weighted by Crippen LogP contribution is 2.23. The fourth-order valence-electron chi connectivity index (χ4n) is 3.24. The number of hydrogen-bond acceptors (Lipinski definition) is 4. The molecular formula is C21H26N4. The summed E-state index contributed by atoms with van der Waals surface area (Å²) in [5.41, 5.74) is 5.33. The lowest BCUT2D eigenvalue weighted by molar-refractivity contribution is 0.243. The van der Waals surface area contributed by atoms with Gasteiger partial charge < -0.3 is 10.2 Å². The van der Waals surface area contributed by atoms with Crippen LogP contribution in [0.1, 0.15) is 24.0 Å². The van der Waals surface area contributed by atoms with E-state index in [-0.39, 0.29) is 0 Å². The average molecular weight is 334 g/mol. The van der Waals surface area contributed by atoms with Gasteiger partial charge in [-0.05, 0) is 63.2 Å². The van der Waals surface area contributed by atoms with Crippen molar-refractivity contribution in [3.63, 3.8) is 0 Å². The number of aromatic nitrogens is 1. The van der Waals surface area contributed by atoms with Crippen LogP contribution in [0.15, 0.2) is 55.0 Å². The van der Waals surface area contributed by atoms with Crippen LogP contribution in [0, 0.1) is 12.3 Å². The largest absolute Gasteiger partial charge is 0.381 e. The summed E-state index contributed by atoms with van der Waals surface area (Å²) in [6, 6.07) is 10.6. The third-order valence-corrected chi connectivity index (χ3v) is 4.90. The zero-order valence-corrected chi connectivity index (χ0v) is 15.0. The summed E-state index contributed by atoms with van der Waals surface area (Å²) in [5, 5.41) is 12.1. The summed E-state index contributed by atoms with van der Waals surface area (Å²) in [5.74, 6) is 0. The van der Waals surface area contributed by atoms with Gasteiger partial charge >= 0.3 is 0 Å². The van der Waals surface area contributed by atoms with Gasteiger partial charge in [0.1, 0.15) is 0 Å². The lowest BCUT2D eigenvalue weighted by atomic mass is 9.96. The molecule has 4 heteroatoms. The van der Waals surface area contributed by atoms with E-state index in [2.05, 4.69) is 47.0 Å². The van der Waals surface area contributed by atoms with Gasteiger partial charge in [0.15, 0.2) is 0 Å². The Hall–Kier alpha value is -2.46. The van der Waals surface area contributed by atoms with Crippen molar-refractivity contribution >= 4 is 5.71 Å². The summed E-state index contributed by atoms with van der Waals surface area (Å²) in [7, 11) is 2.15. The van der Waals surface area contributed by atoms with Gasteiger partial charge in [-0.15, -0.1) is 0 Å². The molecule has 0 radical (unpaired) electrons. The molecule has 0 saturated carbocycles. The molecule has 0 unspecified atom stereocenters. The van der Waals surface area contributed by atoms with Crippen molar-refractivity contribution in [3.05, 3.63) is 66.1 Å². The van der Waals surface area contributed by atoms with Gasteiger partial charge in [0.05, 0.1) is 11.4 Å². The van der Waals surface area contributed by atoms with Gasteiger partial charge in [0.25, 0.3) is 0 Å². The SMILES string of the molecule is C=C(NC1CCN(C)CC1)C(=N)c1cc(-c2cccnc2)ccc1C. The minimum atomic E-state index is 0.408. The number of pyridine rings is 1. The van der Waals surface area contributed by atoms with Crippen molar-refractivity contribution in [1.82, 2.24) is 15.2 Å². The zero-order valence-electron chi connectivity index (χ0n) is 15.0. The molecule has 0 bridgehead atoms. The molecule has 3 rings (SSSR count). The van der Waals surface area contributed by atoms with E-state index in [1.54, 1.807) is 6.20 Å². The fraction of sp³-hybridized carbons (Fsp3) is 0.333. The number of piperidine rings is 1. The highest BCUT2D eigenvalue weighted by Gasteiger charge is 2.19. The van der Waals surface area contributed by atoms with Crippen LogP contribution in [0.3, 0.4) is 0 Å². The topological polar surface area (TPSA) is 52.0 Å². The molecule has 1 saturated heterocycles. The molecule has 0 aliphatic carbocycles. The van der Waals surface area contributed by atoms with Crippen LogP contribution in [0.4, 0.5) is 0 Å². The van der Waals surface area contributed by atoms with Gasteiger partial charge in [-0.3, -0.25) is 10.4 Å². The van der Waals surface area contributed by atoms with Gasteiger partial charge in [0.2, 0.25) is 0 Å². The zero-order chi connectivity index (χ0) is 17.8. The van der Waals surface area contributed by atoms with Crippen molar-refractivity contribution in [2.24, 2.45) is 0 Å². The summed E-state index contributed by atoms with van der Waals surface area (Å²) in [6.45, 7) is 8.35. The minimum Gasteiger partial charge on any atom is -0.381 e. The summed E-state index contributed by atoms with van der Waals surface area (Å²) >= 11 is 0. The molecule has 2 aromatic rings. The first kappa shape index (κ1) is 17.4. The Morgan fingerprint density at radius 2 is 2.00 bits per heavy atom. The number of rotatable bonds is 5. The number of aryl methyl sites for hydroxylation is 1. The van der Waals surface area contributed by atoms with Crippen molar-refractivity contribution in [1.29, 1.82) is 5.41 Å². The Morgan fingerprint density at radius 1 is 1.24 bits per heavy atom. The Morgan fingerprint density at radius 3 is 2.68 bits per heavy atom. The van der Waals surface area contributed by atoms with E-state index in [9.17, 15) is 0 Å². The van der Waals surface area contributed by atoms with Crippen molar-refractivity contribution in [2.75, 3.05) is 20.1 Å². The number of allylic oxidation sites excluding steroid dienone is 1. The molecule has 2 heterocycles. The van der Waals surface area contributed by atoms with Crippen LogP contribution >= 0.6 is 0 Å². The van der Waals surface area contributed by atoms with E-state index in [4.69, 9.17) is 5.41 Å². The molecule has 1 aromatic carbocycles. The third kappa shape index (κ3) is 4.15. The van der Waals surface area contributed by atoms with Crippen LogP contribution in [-0.4, -0.2) is 41.8 Å². The van der Waals surface area contributed by atoms with Crippen molar-refractivity contribution < 1.29 is 0 Å². The predicted molar refractivity (Wildman–Crippen MR) is 104 cm³/mol. The van der Waals surface area contributed by atoms with Crippen LogP contribution in [-0.2, 0) is 0 Å². The van der Waals surface area contributed by atoms with Crippen LogP contribution in [0.2, 0.25) is 0 Å². The maximum atomic E-state index is 8.61. The lowest BCUT2D eigenvalue weighted by Crippen LogP contribution is -2.41. The monoisotopic (exact) mass is 334 g/mol.